The van der Waals surface area contributed by atoms with Crippen molar-refractivity contribution in [3.05, 3.63) is 57.0 Å². The molecular weight excluding hydrogens is 416 g/mol. The van der Waals surface area contributed by atoms with Crippen molar-refractivity contribution in [3.63, 3.8) is 0 Å². The van der Waals surface area contributed by atoms with Crippen molar-refractivity contribution in [2.45, 2.75) is 51.7 Å². The monoisotopic (exact) mass is 448 g/mol. The van der Waals surface area contributed by atoms with E-state index in [4.69, 9.17) is 10.5 Å². The number of H-pyrrole nitrogens is 1. The van der Waals surface area contributed by atoms with E-state index in [1.165, 1.54) is 16.5 Å². The average Bonchev–Trinajstić information content (AvgIpc) is 3.41. The number of ether oxygens (including phenoxy) is 1. The van der Waals surface area contributed by atoms with Crippen molar-refractivity contribution < 1.29 is 9.53 Å². The Morgan fingerprint density at radius 3 is 2.64 bits per heavy atom. The van der Waals surface area contributed by atoms with Gasteiger partial charge in [0.05, 0.1) is 25.5 Å². The molecule has 4 heterocycles. The van der Waals surface area contributed by atoms with Gasteiger partial charge in [-0.1, -0.05) is 19.9 Å². The second-order valence-electron chi connectivity index (χ2n) is 9.80. The van der Waals surface area contributed by atoms with Gasteiger partial charge < -0.3 is 20.0 Å². The van der Waals surface area contributed by atoms with Gasteiger partial charge in [0.2, 0.25) is 5.91 Å². The molecule has 0 bridgehead atoms. The second kappa shape index (κ2) is 8.47. The van der Waals surface area contributed by atoms with Crippen molar-refractivity contribution >= 4 is 16.8 Å². The zero-order valence-electron chi connectivity index (χ0n) is 19.6. The van der Waals surface area contributed by atoms with Crippen LogP contribution in [-0.4, -0.2) is 40.0 Å². The predicted octanol–water partition coefficient (Wildman–Crippen LogP) is 3.35. The van der Waals surface area contributed by atoms with E-state index in [0.29, 0.717) is 31.6 Å². The molecule has 174 valence electrons. The highest BCUT2D eigenvalue weighted by Gasteiger charge is 2.26. The van der Waals surface area contributed by atoms with Crippen LogP contribution in [0.4, 0.5) is 0 Å². The van der Waals surface area contributed by atoms with E-state index in [9.17, 15) is 9.59 Å². The van der Waals surface area contributed by atoms with Crippen molar-refractivity contribution in [2.75, 3.05) is 19.6 Å². The number of nitrogens with zero attached hydrogens (tertiary/aromatic N) is 2. The Morgan fingerprint density at radius 1 is 1.21 bits per heavy atom. The maximum Gasteiger partial charge on any atom is 0.256 e. The molecule has 2 aromatic heterocycles. The Balaban J connectivity index is 1.55. The summed E-state index contributed by atoms with van der Waals surface area (Å²) in [7, 11) is 1.81. The van der Waals surface area contributed by atoms with Gasteiger partial charge in [0.15, 0.2) is 0 Å². The number of piperidine rings is 1. The van der Waals surface area contributed by atoms with E-state index in [-0.39, 0.29) is 11.5 Å². The van der Waals surface area contributed by atoms with Crippen LogP contribution >= 0.6 is 0 Å². The number of aryl methyl sites for hydroxylation is 1. The van der Waals surface area contributed by atoms with Crippen molar-refractivity contribution in [2.24, 2.45) is 12.8 Å². The lowest BCUT2D eigenvalue weighted by Crippen LogP contribution is -2.39. The van der Waals surface area contributed by atoms with Gasteiger partial charge in [0.1, 0.15) is 0 Å². The van der Waals surface area contributed by atoms with E-state index in [1.54, 1.807) is 4.57 Å². The summed E-state index contributed by atoms with van der Waals surface area (Å²) in [6.07, 6.45) is 4.00. The number of likely N-dealkylation sites (tertiary alicyclic amines) is 1. The lowest BCUT2D eigenvalue weighted by atomic mass is 9.87. The molecule has 5 rings (SSSR count). The van der Waals surface area contributed by atoms with E-state index < -0.39 is 0 Å². The van der Waals surface area contributed by atoms with Crippen LogP contribution in [0.15, 0.2) is 29.2 Å². The Kier molecular flexibility index (Phi) is 5.62. The summed E-state index contributed by atoms with van der Waals surface area (Å²) in [5.41, 5.74) is 13.1. The van der Waals surface area contributed by atoms with Crippen LogP contribution < -0.4 is 11.3 Å². The smallest absolute Gasteiger partial charge is 0.256 e. The van der Waals surface area contributed by atoms with Gasteiger partial charge in [0, 0.05) is 35.3 Å². The van der Waals surface area contributed by atoms with E-state index in [1.807, 2.05) is 13.2 Å². The fourth-order valence-electron chi connectivity index (χ4n) is 5.56. The third kappa shape index (κ3) is 3.89. The summed E-state index contributed by atoms with van der Waals surface area (Å²) < 4.78 is 7.33. The number of primary amides is 1. The van der Waals surface area contributed by atoms with Gasteiger partial charge in [-0.05, 0) is 66.6 Å². The number of hydrogen-bond acceptors (Lipinski definition) is 4. The summed E-state index contributed by atoms with van der Waals surface area (Å²) in [6.45, 7) is 7.43. The molecule has 3 aromatic rings. The van der Waals surface area contributed by atoms with Gasteiger partial charge in [-0.3, -0.25) is 14.5 Å². The number of nitrogens with two attached hydrogens (primary N) is 1. The lowest BCUT2D eigenvalue weighted by Gasteiger charge is -2.31. The van der Waals surface area contributed by atoms with Gasteiger partial charge in [-0.15, -0.1) is 0 Å². The summed E-state index contributed by atoms with van der Waals surface area (Å²) in [6, 6.07) is 6.77. The fourth-order valence-corrected chi connectivity index (χ4v) is 5.56. The molecule has 0 spiro atoms. The van der Waals surface area contributed by atoms with Crippen LogP contribution in [0.3, 0.4) is 0 Å². The first-order valence-electron chi connectivity index (χ1n) is 11.8. The molecule has 0 radical (unpaired) electrons. The number of hydrogen-bond donors (Lipinski definition) is 2. The Labute approximate surface area is 193 Å². The largest absolute Gasteiger partial charge is 0.372 e. The van der Waals surface area contributed by atoms with Crippen molar-refractivity contribution in [3.8, 4) is 11.3 Å². The number of nitrogens with one attached hydrogen (secondary N) is 1. The van der Waals surface area contributed by atoms with Crippen LogP contribution in [0.2, 0.25) is 0 Å². The molecule has 0 saturated carbocycles. The molecule has 1 fully saturated rings. The molecule has 3 N–H and O–H groups in total. The highest BCUT2D eigenvalue weighted by molar-refractivity contribution is 5.92. The lowest BCUT2D eigenvalue weighted by molar-refractivity contribution is -0.119. The first kappa shape index (κ1) is 21.9. The number of aromatic amines is 1. The maximum atomic E-state index is 12.6. The zero-order chi connectivity index (χ0) is 23.3. The number of rotatable bonds is 5. The molecule has 0 unspecified atom stereocenters. The Bertz CT molecular complexity index is 1280. The average molecular weight is 449 g/mol. The van der Waals surface area contributed by atoms with Crippen LogP contribution in [-0.2, 0) is 29.8 Å². The first-order chi connectivity index (χ1) is 15.8. The minimum absolute atomic E-state index is 0.0263. The number of amides is 1. The maximum absolute atomic E-state index is 12.6. The molecule has 33 heavy (non-hydrogen) atoms. The normalized spacial score (nSPS) is 17.2. The van der Waals surface area contributed by atoms with Crippen LogP contribution in [0.5, 0.6) is 0 Å². The number of benzene rings is 1. The summed E-state index contributed by atoms with van der Waals surface area (Å²) in [5.74, 6) is 0.537. The number of carbonyl (C=O) groups excluding carboxylic acids is 1. The standard InChI is InChI=1S/C26H32N4O3/c1-15(2)24-18-10-17(16-6-8-30(9-7-16)12-23(27)31)4-5-22(18)28-25(24)19-11-29(3)26(32)21-14-33-13-20(19)21/h4-5,10-11,15-16,28H,6-9,12-14H2,1-3H3,(H2,27,31). The third-order valence-corrected chi connectivity index (χ3v) is 7.23. The molecule has 2 aliphatic heterocycles. The first-order valence-corrected chi connectivity index (χ1v) is 11.8. The molecule has 1 amide bonds. The molecule has 1 saturated heterocycles. The van der Waals surface area contributed by atoms with Crippen LogP contribution in [0.1, 0.15) is 60.8 Å². The van der Waals surface area contributed by atoms with Crippen molar-refractivity contribution in [1.82, 2.24) is 14.5 Å². The minimum Gasteiger partial charge on any atom is -0.372 e. The summed E-state index contributed by atoms with van der Waals surface area (Å²) in [4.78, 5) is 29.6. The summed E-state index contributed by atoms with van der Waals surface area (Å²) >= 11 is 0. The quantitative estimate of drug-likeness (QED) is 0.626. The third-order valence-electron chi connectivity index (χ3n) is 7.23. The van der Waals surface area contributed by atoms with Gasteiger partial charge in [-0.25, -0.2) is 0 Å². The fraction of sp³-hybridized carbons (Fsp3) is 0.462. The zero-order valence-corrected chi connectivity index (χ0v) is 19.6. The molecule has 0 atom stereocenters. The predicted molar refractivity (Wildman–Crippen MR) is 129 cm³/mol. The van der Waals surface area contributed by atoms with Crippen LogP contribution in [0, 0.1) is 0 Å². The van der Waals surface area contributed by atoms with E-state index >= 15 is 0 Å². The highest BCUT2D eigenvalue weighted by Crippen LogP contribution is 2.40. The highest BCUT2D eigenvalue weighted by atomic mass is 16.5. The van der Waals surface area contributed by atoms with Gasteiger partial charge in [0.25, 0.3) is 5.56 Å². The number of pyridine rings is 1. The van der Waals surface area contributed by atoms with E-state index in [2.05, 4.69) is 41.9 Å². The van der Waals surface area contributed by atoms with Crippen molar-refractivity contribution in [1.29, 1.82) is 0 Å². The summed E-state index contributed by atoms with van der Waals surface area (Å²) in [5, 5.41) is 1.25. The van der Waals surface area contributed by atoms with Crippen LogP contribution in [0.25, 0.3) is 22.2 Å². The molecular formula is C26H32N4O3. The number of carbonyl (C=O) groups is 1. The van der Waals surface area contributed by atoms with E-state index in [0.717, 1.165) is 53.8 Å². The minimum atomic E-state index is -0.258. The molecule has 1 aromatic carbocycles. The number of fused-ring (bicyclic) bond motifs is 2. The molecule has 2 aliphatic rings. The second-order valence-corrected chi connectivity index (χ2v) is 9.80. The SMILES string of the molecule is CC(C)c1c(-c2cn(C)c(=O)c3c2COC3)[nH]c2ccc(C3CCN(CC(N)=O)CC3)cc12. The molecule has 0 aliphatic carbocycles. The molecule has 7 nitrogen and oxygen atoms in total. The van der Waals surface area contributed by atoms with Gasteiger partial charge in [-0.2, -0.15) is 0 Å². The number of aromatic nitrogens is 2. The topological polar surface area (TPSA) is 93.3 Å². The molecule has 7 heteroatoms. The Morgan fingerprint density at radius 2 is 1.94 bits per heavy atom. The Hall–Kier alpha value is -2.90. The van der Waals surface area contributed by atoms with Gasteiger partial charge >= 0.3 is 0 Å².